The van der Waals surface area contributed by atoms with Crippen molar-refractivity contribution in [3.8, 4) is 11.8 Å². The van der Waals surface area contributed by atoms with E-state index in [1.165, 1.54) is 18.3 Å². The first-order valence-electron chi connectivity index (χ1n) is 7.63. The Kier molecular flexibility index (Phi) is 3.37. The molecule has 0 unspecified atom stereocenters. The fourth-order valence-electron chi connectivity index (χ4n) is 3.13. The smallest absolute Gasteiger partial charge is 0.179 e. The zero-order valence-corrected chi connectivity index (χ0v) is 13.8. The standard InChI is InChI=1S/C18H13N3O3S/c19-9-11-10-20-15-5-6-16-14(7-8-25(16,23)24)17(15)18(11)21-12-1-3-13(22)4-2-12/h1-6,10,22H,7-8H2,(H,20,21). The minimum atomic E-state index is -3.28. The minimum absolute atomic E-state index is 0.0663. The Bertz CT molecular complexity index is 1150. The van der Waals surface area contributed by atoms with Crippen molar-refractivity contribution in [3.63, 3.8) is 0 Å². The second-order valence-electron chi connectivity index (χ2n) is 5.84. The number of fused-ring (bicyclic) bond motifs is 3. The van der Waals surface area contributed by atoms with Gasteiger partial charge in [-0.3, -0.25) is 4.98 Å². The molecule has 0 aliphatic carbocycles. The number of aromatic nitrogens is 1. The number of pyridine rings is 1. The lowest BCUT2D eigenvalue weighted by molar-refractivity contribution is 0.475. The van der Waals surface area contributed by atoms with Crippen LogP contribution >= 0.6 is 0 Å². The third-order valence-electron chi connectivity index (χ3n) is 4.31. The maximum Gasteiger partial charge on any atom is 0.179 e. The first-order valence-corrected chi connectivity index (χ1v) is 9.28. The van der Waals surface area contributed by atoms with Gasteiger partial charge < -0.3 is 10.4 Å². The Morgan fingerprint density at radius 1 is 1.16 bits per heavy atom. The van der Waals surface area contributed by atoms with Crippen LogP contribution in [0.2, 0.25) is 0 Å². The Hall–Kier alpha value is -3.11. The fraction of sp³-hybridized carbons (Fsp3) is 0.111. The lowest BCUT2D eigenvalue weighted by atomic mass is 10.0. The lowest BCUT2D eigenvalue weighted by Gasteiger charge is -2.14. The Morgan fingerprint density at radius 2 is 1.92 bits per heavy atom. The van der Waals surface area contributed by atoms with E-state index in [4.69, 9.17) is 0 Å². The van der Waals surface area contributed by atoms with Crippen LogP contribution in [0.1, 0.15) is 11.1 Å². The molecule has 0 radical (unpaired) electrons. The summed E-state index contributed by atoms with van der Waals surface area (Å²) >= 11 is 0. The second-order valence-corrected chi connectivity index (χ2v) is 7.91. The van der Waals surface area contributed by atoms with Crippen LogP contribution in [0.3, 0.4) is 0 Å². The number of phenolic OH excluding ortho intramolecular Hbond substituents is 1. The highest BCUT2D eigenvalue weighted by Gasteiger charge is 2.29. The molecule has 0 amide bonds. The van der Waals surface area contributed by atoms with Gasteiger partial charge in [0.25, 0.3) is 0 Å². The molecular formula is C18H13N3O3S. The zero-order chi connectivity index (χ0) is 17.6. The molecule has 0 fully saturated rings. The van der Waals surface area contributed by atoms with E-state index in [2.05, 4.69) is 16.4 Å². The van der Waals surface area contributed by atoms with Crippen molar-refractivity contribution in [2.45, 2.75) is 11.3 Å². The van der Waals surface area contributed by atoms with Crippen LogP contribution in [-0.2, 0) is 16.3 Å². The highest BCUT2D eigenvalue weighted by atomic mass is 32.2. The molecule has 0 bridgehead atoms. The lowest BCUT2D eigenvalue weighted by Crippen LogP contribution is -2.00. The average Bonchev–Trinajstić information content (AvgIpc) is 2.92. The van der Waals surface area contributed by atoms with E-state index in [0.717, 1.165) is 0 Å². The van der Waals surface area contributed by atoms with Gasteiger partial charge in [-0.15, -0.1) is 0 Å². The minimum Gasteiger partial charge on any atom is -0.508 e. The molecule has 2 aromatic carbocycles. The number of rotatable bonds is 2. The van der Waals surface area contributed by atoms with Crippen molar-refractivity contribution < 1.29 is 13.5 Å². The van der Waals surface area contributed by atoms with Crippen molar-refractivity contribution in [1.29, 1.82) is 5.26 Å². The Morgan fingerprint density at radius 3 is 2.64 bits per heavy atom. The predicted octanol–water partition coefficient (Wildman–Crippen LogP) is 2.89. The number of phenols is 1. The molecular weight excluding hydrogens is 338 g/mol. The summed E-state index contributed by atoms with van der Waals surface area (Å²) in [6.45, 7) is 0. The van der Waals surface area contributed by atoms with E-state index in [0.29, 0.717) is 44.7 Å². The van der Waals surface area contributed by atoms with Crippen molar-refractivity contribution in [1.82, 2.24) is 4.98 Å². The van der Waals surface area contributed by atoms with Gasteiger partial charge in [-0.2, -0.15) is 5.26 Å². The quantitative estimate of drug-likeness (QED) is 0.688. The summed E-state index contributed by atoms with van der Waals surface area (Å²) in [5.74, 6) is 0.203. The normalized spacial score (nSPS) is 14.8. The number of nitrogens with one attached hydrogen (secondary N) is 1. The second kappa shape index (κ2) is 5.46. The molecule has 0 spiro atoms. The molecule has 1 aromatic heterocycles. The predicted molar refractivity (Wildman–Crippen MR) is 93.6 cm³/mol. The number of aromatic hydroxyl groups is 1. The summed E-state index contributed by atoms with van der Waals surface area (Å²) in [6.07, 6.45) is 1.87. The summed E-state index contributed by atoms with van der Waals surface area (Å²) in [7, 11) is -3.28. The highest BCUT2D eigenvalue weighted by molar-refractivity contribution is 7.91. The van der Waals surface area contributed by atoms with Crippen molar-refractivity contribution in [2.75, 3.05) is 11.1 Å². The molecule has 0 saturated carbocycles. The molecule has 6 nitrogen and oxygen atoms in total. The monoisotopic (exact) mass is 351 g/mol. The van der Waals surface area contributed by atoms with Gasteiger partial charge >= 0.3 is 0 Å². The van der Waals surface area contributed by atoms with Crippen molar-refractivity contribution in [3.05, 3.63) is 53.7 Å². The molecule has 4 rings (SSSR count). The first-order chi connectivity index (χ1) is 12.0. The molecule has 0 saturated heterocycles. The molecule has 2 N–H and O–H groups in total. The summed E-state index contributed by atoms with van der Waals surface area (Å²) < 4.78 is 24.4. The number of aryl methyl sites for hydroxylation is 1. The third kappa shape index (κ3) is 2.47. The van der Waals surface area contributed by atoms with Gasteiger partial charge in [-0.05, 0) is 48.4 Å². The first kappa shape index (κ1) is 15.4. The summed E-state index contributed by atoms with van der Waals surface area (Å²) in [5, 5.41) is 22.7. The van der Waals surface area contributed by atoms with Crippen LogP contribution in [0.15, 0.2) is 47.5 Å². The van der Waals surface area contributed by atoms with Gasteiger partial charge in [-0.1, -0.05) is 0 Å². The van der Waals surface area contributed by atoms with Gasteiger partial charge in [0.1, 0.15) is 11.8 Å². The molecule has 2 heterocycles. The van der Waals surface area contributed by atoms with E-state index < -0.39 is 9.84 Å². The van der Waals surface area contributed by atoms with Crippen molar-refractivity contribution >= 4 is 32.1 Å². The topological polar surface area (TPSA) is 103 Å². The molecule has 1 aliphatic rings. The van der Waals surface area contributed by atoms with Crippen LogP contribution in [-0.4, -0.2) is 24.3 Å². The van der Waals surface area contributed by atoms with Crippen LogP contribution in [0.5, 0.6) is 5.75 Å². The summed E-state index contributed by atoms with van der Waals surface area (Å²) in [4.78, 5) is 4.61. The molecule has 3 aromatic rings. The van der Waals surface area contributed by atoms with Crippen LogP contribution in [0.25, 0.3) is 10.9 Å². The van der Waals surface area contributed by atoms with E-state index >= 15 is 0 Å². The van der Waals surface area contributed by atoms with Gasteiger partial charge in [0, 0.05) is 17.3 Å². The maximum absolute atomic E-state index is 12.2. The van der Waals surface area contributed by atoms with Gasteiger partial charge in [0.05, 0.1) is 27.4 Å². The van der Waals surface area contributed by atoms with Gasteiger partial charge in [0.15, 0.2) is 9.84 Å². The number of nitriles is 1. The maximum atomic E-state index is 12.2. The Labute approximate surface area is 144 Å². The number of hydrogen-bond donors (Lipinski definition) is 2. The largest absolute Gasteiger partial charge is 0.508 e. The van der Waals surface area contributed by atoms with E-state index in [-0.39, 0.29) is 11.5 Å². The fourth-order valence-corrected chi connectivity index (χ4v) is 4.67. The van der Waals surface area contributed by atoms with Gasteiger partial charge in [-0.25, -0.2) is 8.42 Å². The number of anilines is 2. The third-order valence-corrected chi connectivity index (χ3v) is 6.11. The number of hydrogen-bond acceptors (Lipinski definition) is 6. The van der Waals surface area contributed by atoms with Crippen molar-refractivity contribution in [2.24, 2.45) is 0 Å². The zero-order valence-electron chi connectivity index (χ0n) is 13.0. The highest BCUT2D eigenvalue weighted by Crippen LogP contribution is 2.38. The molecule has 0 atom stereocenters. The molecule has 7 heteroatoms. The van der Waals surface area contributed by atoms with E-state index in [9.17, 15) is 18.8 Å². The molecule has 124 valence electrons. The van der Waals surface area contributed by atoms with E-state index in [1.807, 2.05) is 0 Å². The summed E-state index contributed by atoms with van der Waals surface area (Å²) in [5.41, 5.74) is 2.88. The SMILES string of the molecule is N#Cc1cnc2ccc3c(c2c1Nc1ccc(O)cc1)CCS3(=O)=O. The number of benzene rings is 2. The Balaban J connectivity index is 2.00. The number of sulfone groups is 1. The average molecular weight is 351 g/mol. The summed E-state index contributed by atoms with van der Waals surface area (Å²) in [6, 6.07) is 11.8. The van der Waals surface area contributed by atoms with E-state index in [1.54, 1.807) is 24.3 Å². The van der Waals surface area contributed by atoms with Crippen LogP contribution in [0.4, 0.5) is 11.4 Å². The van der Waals surface area contributed by atoms with Gasteiger partial charge in [0.2, 0.25) is 0 Å². The van der Waals surface area contributed by atoms with Crippen LogP contribution < -0.4 is 5.32 Å². The molecule has 1 aliphatic heterocycles. The molecule has 25 heavy (non-hydrogen) atoms. The van der Waals surface area contributed by atoms with Crippen LogP contribution in [0, 0.1) is 11.3 Å². The number of nitrogens with zero attached hydrogens (tertiary/aromatic N) is 2.